The van der Waals surface area contributed by atoms with Gasteiger partial charge in [-0.15, -0.1) is 0 Å². The van der Waals surface area contributed by atoms with Crippen LogP contribution in [0.5, 0.6) is 0 Å². The number of rotatable bonds is 0. The molecule has 0 unspecified atom stereocenters. The molecule has 1 aliphatic carbocycles. The van der Waals surface area contributed by atoms with E-state index < -0.39 is 0 Å². The molecule has 0 saturated carbocycles. The van der Waals surface area contributed by atoms with Crippen LogP contribution >= 0.6 is 0 Å². The van der Waals surface area contributed by atoms with Crippen molar-refractivity contribution in [2.75, 3.05) is 0 Å². The third-order valence-corrected chi connectivity index (χ3v) is 2.43. The molecule has 1 aliphatic rings. The number of allylic oxidation sites excluding steroid dienone is 1. The maximum atomic E-state index is 5.71. The normalized spacial score (nSPS) is 14.8. The minimum absolute atomic E-state index is 0.982. The molecule has 0 saturated heterocycles. The summed E-state index contributed by atoms with van der Waals surface area (Å²) in [4.78, 5) is 0. The number of para-hydroxylation sites is 1. The summed E-state index contributed by atoms with van der Waals surface area (Å²) in [5.74, 6) is 1.09. The fourth-order valence-corrected chi connectivity index (χ4v) is 1.81. The molecule has 0 spiro atoms. The summed E-state index contributed by atoms with van der Waals surface area (Å²) in [6.07, 6.45) is 7.41. The van der Waals surface area contributed by atoms with Crippen molar-refractivity contribution >= 4 is 11.0 Å². The average molecular weight is 169 g/mol. The molecule has 13 heavy (non-hydrogen) atoms. The molecule has 63 valence electrons. The Balaban J connectivity index is 2.42. The second-order valence-electron chi connectivity index (χ2n) is 3.28. The van der Waals surface area contributed by atoms with Crippen LogP contribution < -0.4 is 0 Å². The monoisotopic (exact) mass is 169 g/mol. The van der Waals surface area contributed by atoms with E-state index in [0.717, 1.165) is 29.7 Å². The second kappa shape index (κ2) is 2.49. The summed E-state index contributed by atoms with van der Waals surface area (Å²) in [7, 11) is 0. The van der Waals surface area contributed by atoms with Crippen LogP contribution in [0.3, 0.4) is 0 Å². The van der Waals surface area contributed by atoms with Gasteiger partial charge < -0.3 is 4.42 Å². The van der Waals surface area contributed by atoms with Crippen molar-refractivity contribution in [1.82, 2.24) is 0 Å². The van der Waals surface area contributed by atoms with E-state index in [0.29, 0.717) is 0 Å². The van der Waals surface area contributed by atoms with Gasteiger partial charge in [-0.2, -0.15) is 0 Å². The van der Waals surface area contributed by atoms with E-state index >= 15 is 0 Å². The lowest BCUT2D eigenvalue weighted by atomic mass is 10.0. The van der Waals surface area contributed by atoms with Crippen LogP contribution in [0.25, 0.3) is 11.0 Å². The third-order valence-electron chi connectivity index (χ3n) is 2.43. The molecule has 1 aromatic carbocycles. The van der Waals surface area contributed by atoms with Crippen molar-refractivity contribution in [3.8, 4) is 0 Å². The van der Waals surface area contributed by atoms with Crippen molar-refractivity contribution in [3.05, 3.63) is 47.7 Å². The lowest BCUT2D eigenvalue weighted by Crippen LogP contribution is -1.89. The Bertz CT molecular complexity index is 477. The highest BCUT2D eigenvalue weighted by Crippen LogP contribution is 2.29. The van der Waals surface area contributed by atoms with Crippen LogP contribution in [-0.2, 0) is 6.42 Å². The number of aryl methyl sites for hydroxylation is 1. The molecule has 3 rings (SSSR count). The van der Waals surface area contributed by atoms with Crippen molar-refractivity contribution in [3.63, 3.8) is 0 Å². The Morgan fingerprint density at radius 1 is 1.23 bits per heavy atom. The van der Waals surface area contributed by atoms with Gasteiger partial charge in [0.1, 0.15) is 11.3 Å². The van der Waals surface area contributed by atoms with Gasteiger partial charge in [-0.3, -0.25) is 0 Å². The summed E-state index contributed by atoms with van der Waals surface area (Å²) >= 11 is 0. The molecule has 1 aromatic heterocycles. The van der Waals surface area contributed by atoms with Crippen molar-refractivity contribution in [2.45, 2.75) is 12.8 Å². The Labute approximate surface area is 76.7 Å². The predicted octanol–water partition coefficient (Wildman–Crippen LogP) is 3.09. The Morgan fingerprint density at radius 2 is 2.15 bits per heavy atom. The molecule has 0 bridgehead atoms. The first-order valence-electron chi connectivity index (χ1n) is 4.54. The third kappa shape index (κ3) is 0.934. The molecule has 0 N–H and O–H groups in total. The standard InChI is InChI=1S/C12H9O/c1-3-7-11-9(5-1)10-6-2-4-8-12(10)13-11/h1-3,5,7H,4,8H2. The quantitative estimate of drug-likeness (QED) is 0.590. The van der Waals surface area contributed by atoms with Gasteiger partial charge in [0, 0.05) is 17.4 Å². The molecule has 2 aromatic rings. The van der Waals surface area contributed by atoms with Crippen molar-refractivity contribution in [1.29, 1.82) is 0 Å². The van der Waals surface area contributed by atoms with Gasteiger partial charge in [0.2, 0.25) is 0 Å². The molecule has 0 fully saturated rings. The second-order valence-corrected chi connectivity index (χ2v) is 3.28. The SMILES string of the molecule is [C]1=CCCc2oc3ccccc3c21. The van der Waals surface area contributed by atoms with E-state index in [1.807, 2.05) is 18.2 Å². The maximum absolute atomic E-state index is 5.71. The number of hydrogen-bond donors (Lipinski definition) is 0. The molecule has 0 aliphatic heterocycles. The largest absolute Gasteiger partial charge is 0.460 e. The molecule has 1 radical (unpaired) electrons. The molecular weight excluding hydrogens is 160 g/mol. The number of hydrogen-bond acceptors (Lipinski definition) is 1. The van der Waals surface area contributed by atoms with Crippen molar-refractivity contribution < 1.29 is 4.42 Å². The van der Waals surface area contributed by atoms with E-state index in [2.05, 4.69) is 18.2 Å². The summed E-state index contributed by atoms with van der Waals surface area (Å²) < 4.78 is 5.71. The Morgan fingerprint density at radius 3 is 3.15 bits per heavy atom. The van der Waals surface area contributed by atoms with Gasteiger partial charge in [0.25, 0.3) is 0 Å². The number of fused-ring (bicyclic) bond motifs is 3. The molecule has 1 heteroatoms. The highest BCUT2D eigenvalue weighted by molar-refractivity contribution is 5.83. The van der Waals surface area contributed by atoms with Crippen LogP contribution in [-0.4, -0.2) is 0 Å². The van der Waals surface area contributed by atoms with Gasteiger partial charge in [-0.25, -0.2) is 0 Å². The molecule has 1 heterocycles. The number of furan rings is 1. The molecule has 1 nitrogen and oxygen atoms in total. The fourth-order valence-electron chi connectivity index (χ4n) is 1.81. The van der Waals surface area contributed by atoms with E-state index in [-0.39, 0.29) is 0 Å². The highest BCUT2D eigenvalue weighted by Gasteiger charge is 2.13. The smallest absolute Gasteiger partial charge is 0.134 e. The lowest BCUT2D eigenvalue weighted by Gasteiger charge is -2.00. The lowest BCUT2D eigenvalue weighted by molar-refractivity contribution is 0.543. The summed E-state index contributed by atoms with van der Waals surface area (Å²) in [5.41, 5.74) is 2.14. The van der Waals surface area contributed by atoms with Gasteiger partial charge >= 0.3 is 0 Å². The predicted molar refractivity (Wildman–Crippen MR) is 51.5 cm³/mol. The van der Waals surface area contributed by atoms with Crippen molar-refractivity contribution in [2.24, 2.45) is 0 Å². The van der Waals surface area contributed by atoms with E-state index in [4.69, 9.17) is 4.42 Å². The maximum Gasteiger partial charge on any atom is 0.134 e. The summed E-state index contributed by atoms with van der Waals surface area (Å²) in [6.45, 7) is 0. The molecular formula is C12H9O. The zero-order chi connectivity index (χ0) is 8.67. The first-order chi connectivity index (χ1) is 6.45. The first kappa shape index (κ1) is 6.96. The van der Waals surface area contributed by atoms with Gasteiger partial charge in [-0.05, 0) is 18.6 Å². The van der Waals surface area contributed by atoms with Gasteiger partial charge in [0.05, 0.1) is 0 Å². The minimum Gasteiger partial charge on any atom is -0.460 e. The topological polar surface area (TPSA) is 13.1 Å². The summed E-state index contributed by atoms with van der Waals surface area (Å²) in [6, 6.07) is 8.13. The zero-order valence-corrected chi connectivity index (χ0v) is 7.21. The van der Waals surface area contributed by atoms with E-state index in [1.165, 1.54) is 5.39 Å². The minimum atomic E-state index is 0.982. The molecule has 0 atom stereocenters. The van der Waals surface area contributed by atoms with E-state index in [9.17, 15) is 0 Å². The summed E-state index contributed by atoms with van der Waals surface area (Å²) in [5, 5.41) is 1.19. The van der Waals surface area contributed by atoms with Crippen LogP contribution in [0.2, 0.25) is 0 Å². The van der Waals surface area contributed by atoms with E-state index in [1.54, 1.807) is 0 Å². The Hall–Kier alpha value is -1.50. The van der Waals surface area contributed by atoms with Gasteiger partial charge in [-0.1, -0.05) is 24.3 Å². The molecule has 0 amide bonds. The van der Waals surface area contributed by atoms with Gasteiger partial charge in [0.15, 0.2) is 0 Å². The Kier molecular flexibility index (Phi) is 1.33. The zero-order valence-electron chi connectivity index (χ0n) is 7.21. The van der Waals surface area contributed by atoms with Crippen LogP contribution in [0.1, 0.15) is 17.7 Å². The fraction of sp³-hybridized carbons (Fsp3) is 0.167. The first-order valence-corrected chi connectivity index (χ1v) is 4.54. The van der Waals surface area contributed by atoms with Crippen LogP contribution in [0.4, 0.5) is 0 Å². The number of benzene rings is 1. The van der Waals surface area contributed by atoms with Crippen LogP contribution in [0, 0.1) is 6.08 Å². The average Bonchev–Trinajstić information content (AvgIpc) is 2.56. The highest BCUT2D eigenvalue weighted by atomic mass is 16.3. The van der Waals surface area contributed by atoms with Crippen LogP contribution in [0.15, 0.2) is 34.8 Å².